The Labute approximate surface area is 255 Å². The number of anilines is 3. The van der Waals surface area contributed by atoms with E-state index in [-0.39, 0.29) is 18.2 Å². The topological polar surface area (TPSA) is 67.9 Å². The van der Waals surface area contributed by atoms with E-state index in [1.165, 1.54) is 45.2 Å². The van der Waals surface area contributed by atoms with Crippen molar-refractivity contribution in [3.05, 3.63) is 54.1 Å². The van der Waals surface area contributed by atoms with Crippen LogP contribution in [0.3, 0.4) is 0 Å². The summed E-state index contributed by atoms with van der Waals surface area (Å²) in [7, 11) is 0. The molecule has 2 amide bonds. The van der Waals surface area contributed by atoms with Gasteiger partial charge < -0.3 is 25.3 Å². The third-order valence-corrected chi connectivity index (χ3v) is 8.51. The van der Waals surface area contributed by atoms with Gasteiger partial charge in [0.25, 0.3) is 0 Å². The second kappa shape index (κ2) is 17.0. The Kier molecular flexibility index (Phi) is 13.1. The number of nitrogens with zero attached hydrogens (tertiary/aromatic N) is 3. The van der Waals surface area contributed by atoms with Crippen LogP contribution in [0, 0.1) is 0 Å². The molecule has 0 aliphatic carbocycles. The van der Waals surface area contributed by atoms with Crippen LogP contribution in [0.1, 0.15) is 50.5 Å². The largest absolute Gasteiger partial charge is 0.369 e. The maximum absolute atomic E-state index is 12.6. The highest BCUT2D eigenvalue weighted by molar-refractivity contribution is 6.18. The van der Waals surface area contributed by atoms with Crippen LogP contribution in [-0.2, 0) is 16.0 Å². The van der Waals surface area contributed by atoms with Gasteiger partial charge in [0.2, 0.25) is 11.8 Å². The van der Waals surface area contributed by atoms with Crippen LogP contribution in [0.15, 0.2) is 48.5 Å². The highest BCUT2D eigenvalue weighted by Gasteiger charge is 2.25. The minimum absolute atomic E-state index is 0.0316. The molecule has 0 saturated carbocycles. The average Bonchev–Trinajstić information content (AvgIpc) is 2.99. The van der Waals surface area contributed by atoms with Crippen LogP contribution >= 0.6 is 23.2 Å². The fraction of sp³-hybridized carbons (Fsp3) is 0.562. The molecule has 2 N–H and O–H groups in total. The van der Waals surface area contributed by atoms with Crippen molar-refractivity contribution < 1.29 is 9.59 Å². The first-order chi connectivity index (χ1) is 20.0. The van der Waals surface area contributed by atoms with Crippen molar-refractivity contribution in [1.82, 2.24) is 9.80 Å². The zero-order valence-corrected chi connectivity index (χ0v) is 25.6. The zero-order valence-electron chi connectivity index (χ0n) is 24.1. The lowest BCUT2D eigenvalue weighted by Crippen LogP contribution is -2.46. The lowest BCUT2D eigenvalue weighted by atomic mass is 10.00. The number of piperidine rings is 2. The maximum atomic E-state index is 12.6. The van der Waals surface area contributed by atoms with Crippen molar-refractivity contribution in [1.29, 1.82) is 0 Å². The number of amides is 2. The molecule has 0 spiro atoms. The molecule has 2 aliphatic heterocycles. The van der Waals surface area contributed by atoms with Crippen LogP contribution in [0.25, 0.3) is 0 Å². The van der Waals surface area contributed by atoms with Gasteiger partial charge >= 0.3 is 0 Å². The molecule has 4 rings (SSSR count). The summed E-state index contributed by atoms with van der Waals surface area (Å²) in [4.78, 5) is 32.4. The Bertz CT molecular complexity index is 1060. The third kappa shape index (κ3) is 10.5. The lowest BCUT2D eigenvalue weighted by Gasteiger charge is -2.40. The van der Waals surface area contributed by atoms with E-state index < -0.39 is 0 Å². The van der Waals surface area contributed by atoms with Crippen molar-refractivity contribution in [3.8, 4) is 0 Å². The molecular weight excluding hydrogens is 557 g/mol. The average molecular weight is 603 g/mol. The molecule has 9 heteroatoms. The first-order valence-electron chi connectivity index (χ1n) is 15.2. The minimum Gasteiger partial charge on any atom is -0.369 e. The highest BCUT2D eigenvalue weighted by atomic mass is 35.5. The maximum Gasteiger partial charge on any atom is 0.228 e. The number of halogens is 2. The van der Waals surface area contributed by atoms with Gasteiger partial charge in [-0.05, 0) is 107 Å². The van der Waals surface area contributed by atoms with Gasteiger partial charge in [-0.25, -0.2) is 0 Å². The molecule has 0 bridgehead atoms. The number of nitrogens with one attached hydrogen (secondary N) is 2. The minimum atomic E-state index is -0.0899. The second-order valence-electron chi connectivity index (χ2n) is 11.2. The smallest absolute Gasteiger partial charge is 0.228 e. The van der Waals surface area contributed by atoms with Crippen molar-refractivity contribution in [2.45, 2.75) is 57.4 Å². The van der Waals surface area contributed by atoms with Gasteiger partial charge in [-0.2, -0.15) is 0 Å². The predicted octanol–water partition coefficient (Wildman–Crippen LogP) is 5.82. The molecule has 2 aromatic rings. The molecule has 2 aromatic carbocycles. The van der Waals surface area contributed by atoms with Gasteiger partial charge in [-0.15, -0.1) is 23.2 Å². The standard InChI is InChI=1S/C32H45Cl2N5O2/c33-16-23-39(24-17-34)29-12-6-26(7-13-29)25-32(41)36-28-10-8-27(9-11-28)35-31(40)5-4-18-37-21-14-30(15-22-37)38-19-2-1-3-20-38/h6-13,30H,1-5,14-25H2,(H,35,40)(H,36,41). The highest BCUT2D eigenvalue weighted by Crippen LogP contribution is 2.21. The molecule has 2 fully saturated rings. The van der Waals surface area contributed by atoms with E-state index in [1.54, 1.807) is 0 Å². The molecule has 2 aliphatic rings. The van der Waals surface area contributed by atoms with Crippen molar-refractivity contribution in [3.63, 3.8) is 0 Å². The summed E-state index contributed by atoms with van der Waals surface area (Å²) in [6.07, 6.45) is 8.26. The number of carbonyl (C=O) groups excluding carboxylic acids is 2. The Morgan fingerprint density at radius 1 is 0.780 bits per heavy atom. The molecule has 7 nitrogen and oxygen atoms in total. The van der Waals surface area contributed by atoms with Crippen LogP contribution in [-0.4, -0.2) is 85.2 Å². The van der Waals surface area contributed by atoms with Gasteiger partial charge in [0, 0.05) is 54.4 Å². The molecule has 2 saturated heterocycles. The molecule has 2 heterocycles. The molecule has 0 unspecified atom stereocenters. The summed E-state index contributed by atoms with van der Waals surface area (Å²) in [5.41, 5.74) is 3.41. The second-order valence-corrected chi connectivity index (χ2v) is 11.9. The van der Waals surface area contributed by atoms with Crippen molar-refractivity contribution in [2.75, 3.05) is 73.1 Å². The molecule has 0 atom stereocenters. The number of hydrogen-bond donors (Lipinski definition) is 2. The van der Waals surface area contributed by atoms with Crippen molar-refractivity contribution >= 4 is 52.1 Å². The quantitative estimate of drug-likeness (QED) is 0.267. The SMILES string of the molecule is O=C(CCCN1CCC(N2CCCCC2)CC1)Nc1ccc(NC(=O)Cc2ccc(N(CCCl)CCCl)cc2)cc1. The zero-order chi connectivity index (χ0) is 28.9. The first-order valence-corrected chi connectivity index (χ1v) is 16.2. The predicted molar refractivity (Wildman–Crippen MR) is 172 cm³/mol. The van der Waals surface area contributed by atoms with E-state index in [0.717, 1.165) is 62.1 Å². The summed E-state index contributed by atoms with van der Waals surface area (Å²) in [6, 6.07) is 16.0. The summed E-state index contributed by atoms with van der Waals surface area (Å²) in [6.45, 7) is 7.26. The Morgan fingerprint density at radius 2 is 1.37 bits per heavy atom. The summed E-state index contributed by atoms with van der Waals surface area (Å²) < 4.78 is 0. The van der Waals surface area contributed by atoms with E-state index in [1.807, 2.05) is 48.5 Å². The van der Waals surface area contributed by atoms with Crippen molar-refractivity contribution in [2.24, 2.45) is 0 Å². The number of benzene rings is 2. The molecular formula is C32H45Cl2N5O2. The van der Waals surface area contributed by atoms with Gasteiger partial charge in [0.15, 0.2) is 0 Å². The number of hydrogen-bond acceptors (Lipinski definition) is 5. The van der Waals surface area contributed by atoms with E-state index in [2.05, 4.69) is 25.3 Å². The molecule has 0 radical (unpaired) electrons. The number of alkyl halides is 2. The van der Waals surface area contributed by atoms with Crippen LogP contribution < -0.4 is 15.5 Å². The fourth-order valence-corrected chi connectivity index (χ4v) is 6.31. The first kappa shape index (κ1) is 31.6. The summed E-state index contributed by atoms with van der Waals surface area (Å²) >= 11 is 11.8. The van der Waals surface area contributed by atoms with Gasteiger partial charge in [-0.1, -0.05) is 18.6 Å². The van der Waals surface area contributed by atoms with Crippen LogP contribution in [0.2, 0.25) is 0 Å². The fourth-order valence-electron chi connectivity index (χ4n) is 5.90. The van der Waals surface area contributed by atoms with Gasteiger partial charge in [0.1, 0.15) is 0 Å². The van der Waals surface area contributed by atoms with Gasteiger partial charge in [0.05, 0.1) is 6.42 Å². The Balaban J connectivity index is 1.12. The number of rotatable bonds is 14. The third-order valence-electron chi connectivity index (χ3n) is 8.17. The number of likely N-dealkylation sites (tertiary alicyclic amines) is 2. The van der Waals surface area contributed by atoms with Crippen LogP contribution in [0.5, 0.6) is 0 Å². The Morgan fingerprint density at radius 3 is 1.95 bits per heavy atom. The van der Waals surface area contributed by atoms with Gasteiger partial charge in [-0.3, -0.25) is 9.59 Å². The normalized spacial score (nSPS) is 16.8. The monoisotopic (exact) mass is 601 g/mol. The summed E-state index contributed by atoms with van der Waals surface area (Å²) in [5, 5.41) is 5.92. The van der Waals surface area contributed by atoms with E-state index >= 15 is 0 Å². The molecule has 224 valence electrons. The lowest BCUT2D eigenvalue weighted by molar-refractivity contribution is -0.116. The molecule has 41 heavy (non-hydrogen) atoms. The van der Waals surface area contributed by atoms with E-state index in [9.17, 15) is 9.59 Å². The van der Waals surface area contributed by atoms with E-state index in [0.29, 0.717) is 23.9 Å². The van der Waals surface area contributed by atoms with Crippen LogP contribution in [0.4, 0.5) is 17.1 Å². The summed E-state index contributed by atoms with van der Waals surface area (Å²) in [5.74, 6) is 1.00. The molecule has 0 aromatic heterocycles. The number of carbonyl (C=O) groups is 2. The Hall–Kier alpha value is -2.32. The van der Waals surface area contributed by atoms with E-state index in [4.69, 9.17) is 23.2 Å².